The van der Waals surface area contributed by atoms with E-state index < -0.39 is 0 Å². The minimum Gasteiger partial charge on any atom is -0.497 e. The van der Waals surface area contributed by atoms with Gasteiger partial charge in [-0.2, -0.15) is 0 Å². The molecule has 1 aliphatic heterocycles. The number of rotatable bonds is 4. The lowest BCUT2D eigenvalue weighted by atomic mass is 10.1. The fraction of sp³-hybridized carbons (Fsp3) is 0.538. The standard InChI is InChI=1S/C13H18ClNO2/c1-16-13-4-2-3-11(7-13)9-15-5-6-17-10-12(15)8-14/h2-4,7,12H,5-6,8-10H2,1H3. The molecule has 17 heavy (non-hydrogen) atoms. The number of morpholine rings is 1. The molecular formula is C13H18ClNO2. The van der Waals surface area contributed by atoms with Gasteiger partial charge in [-0.3, -0.25) is 4.90 Å². The van der Waals surface area contributed by atoms with E-state index in [1.807, 2.05) is 12.1 Å². The van der Waals surface area contributed by atoms with Crippen LogP contribution in [0.1, 0.15) is 5.56 Å². The van der Waals surface area contributed by atoms with Crippen LogP contribution in [0.3, 0.4) is 0 Å². The molecule has 1 fully saturated rings. The van der Waals surface area contributed by atoms with Gasteiger partial charge in [0, 0.05) is 25.0 Å². The second-order valence-corrected chi connectivity index (χ2v) is 4.51. The molecule has 1 aliphatic rings. The molecule has 0 saturated carbocycles. The Balaban J connectivity index is 2.02. The van der Waals surface area contributed by atoms with Crippen LogP contribution >= 0.6 is 11.6 Å². The first-order chi connectivity index (χ1) is 8.33. The average Bonchev–Trinajstić information content (AvgIpc) is 2.39. The van der Waals surface area contributed by atoms with E-state index in [1.54, 1.807) is 7.11 Å². The number of halogens is 1. The van der Waals surface area contributed by atoms with Crippen LogP contribution < -0.4 is 4.74 Å². The van der Waals surface area contributed by atoms with Crippen LogP contribution in [0.4, 0.5) is 0 Å². The molecule has 3 nitrogen and oxygen atoms in total. The van der Waals surface area contributed by atoms with Crippen LogP contribution in [0.25, 0.3) is 0 Å². The van der Waals surface area contributed by atoms with Gasteiger partial charge in [-0.15, -0.1) is 11.6 Å². The number of ether oxygens (including phenoxy) is 2. The molecule has 0 radical (unpaired) electrons. The van der Waals surface area contributed by atoms with Crippen LogP contribution in [0.15, 0.2) is 24.3 Å². The maximum absolute atomic E-state index is 5.95. The van der Waals surface area contributed by atoms with Gasteiger partial charge in [0.15, 0.2) is 0 Å². The fourth-order valence-electron chi connectivity index (χ4n) is 2.04. The van der Waals surface area contributed by atoms with E-state index in [1.165, 1.54) is 5.56 Å². The van der Waals surface area contributed by atoms with Crippen LogP contribution in [-0.2, 0) is 11.3 Å². The molecule has 2 rings (SSSR count). The average molecular weight is 256 g/mol. The molecule has 0 aromatic heterocycles. The maximum atomic E-state index is 5.95. The second-order valence-electron chi connectivity index (χ2n) is 4.21. The molecule has 94 valence electrons. The Bertz CT molecular complexity index is 359. The number of nitrogens with zero attached hydrogens (tertiary/aromatic N) is 1. The molecular weight excluding hydrogens is 238 g/mol. The molecule has 1 unspecified atom stereocenters. The second kappa shape index (κ2) is 6.24. The summed E-state index contributed by atoms with van der Waals surface area (Å²) in [5.74, 6) is 1.52. The maximum Gasteiger partial charge on any atom is 0.119 e. The lowest BCUT2D eigenvalue weighted by molar-refractivity contribution is -0.00305. The van der Waals surface area contributed by atoms with Crippen LogP contribution in [-0.4, -0.2) is 43.7 Å². The third-order valence-electron chi connectivity index (χ3n) is 3.05. The largest absolute Gasteiger partial charge is 0.497 e. The van der Waals surface area contributed by atoms with Crippen molar-refractivity contribution in [1.29, 1.82) is 0 Å². The lowest BCUT2D eigenvalue weighted by Crippen LogP contribution is -2.45. The van der Waals surface area contributed by atoms with Crippen molar-refractivity contribution in [3.05, 3.63) is 29.8 Å². The summed E-state index contributed by atoms with van der Waals surface area (Å²) in [6, 6.07) is 8.48. The number of benzene rings is 1. The Kier molecular flexibility index (Phi) is 4.66. The first kappa shape index (κ1) is 12.7. The van der Waals surface area contributed by atoms with Crippen LogP contribution in [0.5, 0.6) is 5.75 Å². The van der Waals surface area contributed by atoms with Gasteiger partial charge < -0.3 is 9.47 Å². The Morgan fingerprint density at radius 1 is 1.53 bits per heavy atom. The zero-order chi connectivity index (χ0) is 12.1. The quantitative estimate of drug-likeness (QED) is 0.770. The topological polar surface area (TPSA) is 21.7 Å². The van der Waals surface area contributed by atoms with Gasteiger partial charge in [-0.25, -0.2) is 0 Å². The highest BCUT2D eigenvalue weighted by molar-refractivity contribution is 6.18. The smallest absolute Gasteiger partial charge is 0.119 e. The molecule has 0 spiro atoms. The molecule has 1 atom stereocenters. The van der Waals surface area contributed by atoms with Crippen LogP contribution in [0.2, 0.25) is 0 Å². The van der Waals surface area contributed by atoms with Crippen LogP contribution in [0, 0.1) is 0 Å². The fourth-order valence-corrected chi connectivity index (χ4v) is 2.33. The van der Waals surface area contributed by atoms with Gasteiger partial charge in [0.1, 0.15) is 5.75 Å². The first-order valence-electron chi connectivity index (χ1n) is 5.84. The third kappa shape index (κ3) is 3.35. The van der Waals surface area contributed by atoms with Gasteiger partial charge >= 0.3 is 0 Å². The molecule has 0 aliphatic carbocycles. The molecule has 1 aromatic carbocycles. The van der Waals surface area contributed by atoms with E-state index in [4.69, 9.17) is 21.1 Å². The minimum absolute atomic E-state index is 0.316. The SMILES string of the molecule is COc1cccc(CN2CCOCC2CCl)c1. The summed E-state index contributed by atoms with van der Waals surface area (Å²) < 4.78 is 10.7. The summed E-state index contributed by atoms with van der Waals surface area (Å²) in [5, 5.41) is 0. The number of hydrogen-bond donors (Lipinski definition) is 0. The molecule has 0 amide bonds. The minimum atomic E-state index is 0.316. The van der Waals surface area contributed by atoms with E-state index in [9.17, 15) is 0 Å². The summed E-state index contributed by atoms with van der Waals surface area (Å²) in [6.45, 7) is 3.36. The van der Waals surface area contributed by atoms with Crippen molar-refractivity contribution in [2.75, 3.05) is 32.7 Å². The van der Waals surface area contributed by atoms with Crippen molar-refractivity contribution in [2.24, 2.45) is 0 Å². The number of methoxy groups -OCH3 is 1. The highest BCUT2D eigenvalue weighted by Gasteiger charge is 2.22. The Morgan fingerprint density at radius 3 is 3.18 bits per heavy atom. The van der Waals surface area contributed by atoms with Crippen molar-refractivity contribution < 1.29 is 9.47 Å². The first-order valence-corrected chi connectivity index (χ1v) is 6.37. The summed E-state index contributed by atoms with van der Waals surface area (Å²) >= 11 is 5.95. The van der Waals surface area contributed by atoms with E-state index in [2.05, 4.69) is 17.0 Å². The Hall–Kier alpha value is -0.770. The Labute approximate surface area is 107 Å². The Morgan fingerprint density at radius 2 is 2.41 bits per heavy atom. The van der Waals surface area contributed by atoms with Gasteiger partial charge in [-0.1, -0.05) is 12.1 Å². The predicted molar refractivity (Wildman–Crippen MR) is 68.7 cm³/mol. The zero-order valence-corrected chi connectivity index (χ0v) is 10.8. The van der Waals surface area contributed by atoms with Crippen molar-refractivity contribution >= 4 is 11.6 Å². The van der Waals surface area contributed by atoms with Crippen molar-refractivity contribution in [3.63, 3.8) is 0 Å². The number of hydrogen-bond acceptors (Lipinski definition) is 3. The number of alkyl halides is 1. The third-order valence-corrected chi connectivity index (χ3v) is 3.40. The molecule has 0 N–H and O–H groups in total. The molecule has 1 aromatic rings. The van der Waals surface area contributed by atoms with Crippen molar-refractivity contribution in [2.45, 2.75) is 12.6 Å². The van der Waals surface area contributed by atoms with Gasteiger partial charge in [0.25, 0.3) is 0 Å². The zero-order valence-electron chi connectivity index (χ0n) is 10.1. The highest BCUT2D eigenvalue weighted by Crippen LogP contribution is 2.17. The van der Waals surface area contributed by atoms with E-state index in [-0.39, 0.29) is 0 Å². The summed E-state index contributed by atoms with van der Waals surface area (Å²) in [7, 11) is 1.69. The van der Waals surface area contributed by atoms with Gasteiger partial charge in [0.2, 0.25) is 0 Å². The van der Waals surface area contributed by atoms with E-state index in [0.29, 0.717) is 11.9 Å². The summed E-state index contributed by atoms with van der Waals surface area (Å²) in [5.41, 5.74) is 1.25. The molecule has 0 bridgehead atoms. The normalized spacial score (nSPS) is 21.4. The van der Waals surface area contributed by atoms with Crippen molar-refractivity contribution in [3.8, 4) is 5.75 Å². The van der Waals surface area contributed by atoms with Gasteiger partial charge in [0.05, 0.1) is 20.3 Å². The monoisotopic (exact) mass is 255 g/mol. The van der Waals surface area contributed by atoms with Gasteiger partial charge in [-0.05, 0) is 17.7 Å². The summed E-state index contributed by atoms with van der Waals surface area (Å²) in [6.07, 6.45) is 0. The highest BCUT2D eigenvalue weighted by atomic mass is 35.5. The lowest BCUT2D eigenvalue weighted by Gasteiger charge is -2.34. The summed E-state index contributed by atoms with van der Waals surface area (Å²) in [4.78, 5) is 2.37. The van der Waals surface area contributed by atoms with Crippen molar-refractivity contribution in [1.82, 2.24) is 4.90 Å². The molecule has 1 saturated heterocycles. The van der Waals surface area contributed by atoms with E-state index in [0.717, 1.165) is 32.1 Å². The van der Waals surface area contributed by atoms with E-state index >= 15 is 0 Å². The predicted octanol–water partition coefficient (Wildman–Crippen LogP) is 2.13. The molecule has 4 heteroatoms. The molecule has 1 heterocycles.